The first kappa shape index (κ1) is 26.5. The third-order valence-electron chi connectivity index (χ3n) is 7.41. The van der Waals surface area contributed by atoms with E-state index in [0.717, 1.165) is 55.1 Å². The fourth-order valence-corrected chi connectivity index (χ4v) is 5.28. The Morgan fingerprint density at radius 2 is 0.605 bits per heavy atom. The van der Waals surface area contributed by atoms with Crippen molar-refractivity contribution in [2.75, 3.05) is 0 Å². The SMILES string of the molecule is Clc1ccc(-c2ccc(-c3nc(-c4cccc(-c5ccccc5)c4)nc(-c4cccc(-c5ccccc5)c4)n3)cc2)cc1. The van der Waals surface area contributed by atoms with Crippen LogP contribution in [0, 0.1) is 0 Å². The second-order valence-corrected chi connectivity index (χ2v) is 10.7. The van der Waals surface area contributed by atoms with Gasteiger partial charge in [-0.05, 0) is 57.6 Å². The van der Waals surface area contributed by atoms with E-state index >= 15 is 0 Å². The Labute approximate surface area is 256 Å². The summed E-state index contributed by atoms with van der Waals surface area (Å²) in [7, 11) is 0. The van der Waals surface area contributed by atoms with Gasteiger partial charge in [0.1, 0.15) is 0 Å². The topological polar surface area (TPSA) is 38.7 Å². The summed E-state index contributed by atoms with van der Waals surface area (Å²) in [5.41, 5.74) is 9.50. The Morgan fingerprint density at radius 3 is 1.07 bits per heavy atom. The molecule has 0 unspecified atom stereocenters. The fraction of sp³-hybridized carbons (Fsp3) is 0. The molecule has 6 aromatic carbocycles. The molecular weight excluding hydrogens is 546 g/mol. The largest absolute Gasteiger partial charge is 0.208 e. The summed E-state index contributed by atoms with van der Waals surface area (Å²) in [4.78, 5) is 15.0. The molecule has 0 amide bonds. The number of aromatic nitrogens is 3. The highest BCUT2D eigenvalue weighted by Crippen LogP contribution is 2.31. The lowest BCUT2D eigenvalue weighted by molar-refractivity contribution is 1.07. The minimum atomic E-state index is 0.623. The van der Waals surface area contributed by atoms with Crippen LogP contribution in [0.2, 0.25) is 5.02 Å². The minimum absolute atomic E-state index is 0.623. The van der Waals surface area contributed by atoms with E-state index in [1.807, 2.05) is 36.4 Å². The Bertz CT molecular complexity index is 1900. The fourth-order valence-electron chi connectivity index (χ4n) is 5.15. The highest BCUT2D eigenvalue weighted by Gasteiger charge is 2.14. The second kappa shape index (κ2) is 11.8. The van der Waals surface area contributed by atoms with Gasteiger partial charge in [-0.25, -0.2) is 15.0 Å². The van der Waals surface area contributed by atoms with Crippen LogP contribution < -0.4 is 0 Å². The normalized spacial score (nSPS) is 10.9. The third kappa shape index (κ3) is 5.85. The van der Waals surface area contributed by atoms with E-state index in [-0.39, 0.29) is 0 Å². The lowest BCUT2D eigenvalue weighted by Gasteiger charge is -2.11. The van der Waals surface area contributed by atoms with Crippen molar-refractivity contribution < 1.29 is 0 Å². The highest BCUT2D eigenvalue weighted by molar-refractivity contribution is 6.30. The third-order valence-corrected chi connectivity index (χ3v) is 7.66. The Morgan fingerprint density at radius 1 is 0.279 bits per heavy atom. The Balaban J connectivity index is 1.34. The van der Waals surface area contributed by atoms with Crippen molar-refractivity contribution in [1.29, 1.82) is 0 Å². The maximum Gasteiger partial charge on any atom is 0.164 e. The molecular formula is C39H26ClN3. The molecule has 0 radical (unpaired) electrons. The molecule has 0 spiro atoms. The van der Waals surface area contributed by atoms with Gasteiger partial charge in [0.05, 0.1) is 0 Å². The Kier molecular flexibility index (Phi) is 7.31. The molecule has 7 aromatic rings. The molecule has 0 atom stereocenters. The molecule has 1 heterocycles. The summed E-state index contributed by atoms with van der Waals surface area (Å²) in [5.74, 6) is 1.88. The lowest BCUT2D eigenvalue weighted by Crippen LogP contribution is -2.00. The standard InChI is InChI=1S/C39H26ClN3/c40-36-23-21-30(22-24-36)29-17-19-31(20-18-29)37-41-38(34-15-7-13-32(25-34)27-9-3-1-4-10-27)43-39(42-37)35-16-8-14-33(26-35)28-11-5-2-6-12-28/h1-26H. The molecule has 1 aromatic heterocycles. The molecule has 0 aliphatic carbocycles. The predicted octanol–water partition coefficient (Wildman–Crippen LogP) is 10.5. The Hall–Kier alpha value is -5.38. The maximum atomic E-state index is 6.10. The first-order chi connectivity index (χ1) is 21.2. The predicted molar refractivity (Wildman–Crippen MR) is 177 cm³/mol. The van der Waals surface area contributed by atoms with Gasteiger partial charge in [-0.15, -0.1) is 0 Å². The molecule has 3 nitrogen and oxygen atoms in total. The average Bonchev–Trinajstić information content (AvgIpc) is 3.09. The van der Waals surface area contributed by atoms with E-state index in [1.54, 1.807) is 0 Å². The molecule has 43 heavy (non-hydrogen) atoms. The number of nitrogens with zero attached hydrogens (tertiary/aromatic N) is 3. The average molecular weight is 572 g/mol. The van der Waals surface area contributed by atoms with Crippen LogP contribution in [-0.2, 0) is 0 Å². The monoisotopic (exact) mass is 571 g/mol. The van der Waals surface area contributed by atoms with Crippen molar-refractivity contribution in [1.82, 2.24) is 15.0 Å². The summed E-state index contributed by atoms with van der Waals surface area (Å²) in [5, 5.41) is 0.721. The molecule has 0 bridgehead atoms. The van der Waals surface area contributed by atoms with Crippen LogP contribution in [-0.4, -0.2) is 15.0 Å². The van der Waals surface area contributed by atoms with Gasteiger partial charge in [0.2, 0.25) is 0 Å². The molecule has 204 valence electrons. The summed E-state index contributed by atoms with van der Waals surface area (Å²) in [6, 6.07) is 53.6. The van der Waals surface area contributed by atoms with Gasteiger partial charge in [-0.2, -0.15) is 0 Å². The summed E-state index contributed by atoms with van der Waals surface area (Å²) < 4.78 is 0. The van der Waals surface area contributed by atoms with Crippen molar-refractivity contribution >= 4 is 11.6 Å². The van der Waals surface area contributed by atoms with Gasteiger partial charge < -0.3 is 0 Å². The van der Waals surface area contributed by atoms with Crippen LogP contribution >= 0.6 is 11.6 Å². The first-order valence-electron chi connectivity index (χ1n) is 14.1. The summed E-state index contributed by atoms with van der Waals surface area (Å²) >= 11 is 6.10. The maximum absolute atomic E-state index is 6.10. The van der Waals surface area contributed by atoms with Crippen molar-refractivity contribution in [3.63, 3.8) is 0 Å². The quantitative estimate of drug-likeness (QED) is 0.199. The second-order valence-electron chi connectivity index (χ2n) is 10.3. The van der Waals surface area contributed by atoms with Crippen molar-refractivity contribution in [2.45, 2.75) is 0 Å². The van der Waals surface area contributed by atoms with E-state index in [1.165, 1.54) is 0 Å². The van der Waals surface area contributed by atoms with Gasteiger partial charge in [0.25, 0.3) is 0 Å². The summed E-state index contributed by atoms with van der Waals surface area (Å²) in [6.07, 6.45) is 0. The zero-order chi connectivity index (χ0) is 29.0. The number of hydrogen-bond donors (Lipinski definition) is 0. The van der Waals surface area contributed by atoms with Gasteiger partial charge in [-0.1, -0.05) is 145 Å². The van der Waals surface area contributed by atoms with Crippen LogP contribution in [0.1, 0.15) is 0 Å². The van der Waals surface area contributed by atoms with Gasteiger partial charge >= 0.3 is 0 Å². The molecule has 0 aliphatic rings. The van der Waals surface area contributed by atoms with Crippen LogP contribution in [0.4, 0.5) is 0 Å². The molecule has 0 fully saturated rings. The molecule has 0 aliphatic heterocycles. The van der Waals surface area contributed by atoms with Crippen LogP contribution in [0.25, 0.3) is 67.5 Å². The van der Waals surface area contributed by atoms with Crippen molar-refractivity contribution in [3.8, 4) is 67.5 Å². The highest BCUT2D eigenvalue weighted by atomic mass is 35.5. The number of halogens is 1. The van der Waals surface area contributed by atoms with Crippen molar-refractivity contribution in [2.24, 2.45) is 0 Å². The first-order valence-corrected chi connectivity index (χ1v) is 14.5. The number of benzene rings is 6. The molecule has 0 N–H and O–H groups in total. The van der Waals surface area contributed by atoms with Gasteiger partial charge in [0.15, 0.2) is 17.5 Å². The summed E-state index contributed by atoms with van der Waals surface area (Å²) in [6.45, 7) is 0. The molecule has 7 rings (SSSR count). The molecule has 4 heteroatoms. The van der Waals surface area contributed by atoms with Crippen molar-refractivity contribution in [3.05, 3.63) is 163 Å². The van der Waals surface area contributed by atoms with E-state index in [2.05, 4.69) is 121 Å². The van der Waals surface area contributed by atoms with E-state index in [4.69, 9.17) is 26.6 Å². The number of hydrogen-bond acceptors (Lipinski definition) is 3. The smallest absolute Gasteiger partial charge is 0.164 e. The van der Waals surface area contributed by atoms with Crippen LogP contribution in [0.15, 0.2) is 158 Å². The van der Waals surface area contributed by atoms with Gasteiger partial charge in [-0.3, -0.25) is 0 Å². The number of rotatable bonds is 6. The van der Waals surface area contributed by atoms with Crippen LogP contribution in [0.5, 0.6) is 0 Å². The molecule has 0 saturated carbocycles. The zero-order valence-electron chi connectivity index (χ0n) is 23.2. The minimum Gasteiger partial charge on any atom is -0.208 e. The van der Waals surface area contributed by atoms with E-state index < -0.39 is 0 Å². The van der Waals surface area contributed by atoms with Gasteiger partial charge in [0, 0.05) is 21.7 Å². The van der Waals surface area contributed by atoms with E-state index in [9.17, 15) is 0 Å². The molecule has 0 saturated heterocycles. The lowest BCUT2D eigenvalue weighted by atomic mass is 10.0. The zero-order valence-corrected chi connectivity index (χ0v) is 24.0. The van der Waals surface area contributed by atoms with E-state index in [0.29, 0.717) is 17.5 Å². The van der Waals surface area contributed by atoms with Crippen LogP contribution in [0.3, 0.4) is 0 Å².